The monoisotopic (exact) mass is 353 g/mol. The zero-order chi connectivity index (χ0) is 15.2. The first-order valence-corrected chi connectivity index (χ1v) is 8.06. The Hall–Kier alpha value is -1.20. The Morgan fingerprint density at radius 2 is 2.19 bits per heavy atom. The highest BCUT2D eigenvalue weighted by atomic mass is 79.9. The highest BCUT2D eigenvalue weighted by molar-refractivity contribution is 9.10. The average Bonchev–Trinajstić information content (AvgIpc) is 2.87. The molecule has 0 radical (unpaired) electrons. The van der Waals surface area contributed by atoms with Crippen molar-refractivity contribution in [1.82, 2.24) is 15.1 Å². The Kier molecular flexibility index (Phi) is 5.94. The van der Waals surface area contributed by atoms with E-state index in [1.807, 2.05) is 24.0 Å². The van der Waals surface area contributed by atoms with Gasteiger partial charge in [-0.05, 0) is 55.6 Å². The van der Waals surface area contributed by atoms with E-state index in [1.54, 1.807) is 12.1 Å². The molecule has 3 nitrogen and oxygen atoms in total. The molecule has 114 valence electrons. The second-order valence-corrected chi connectivity index (χ2v) is 6.01. The standard InChI is InChI=1S/C16H21BrFN3/c1-3-9-19-16(7-5-13-8-10-20-21(13)2)14-11-12(18)4-6-15(14)17/h4,6,8,10-11,16,19H,3,5,7,9H2,1-2H3. The van der Waals surface area contributed by atoms with Gasteiger partial charge in [-0.15, -0.1) is 0 Å². The van der Waals surface area contributed by atoms with Gasteiger partial charge in [0.15, 0.2) is 0 Å². The summed E-state index contributed by atoms with van der Waals surface area (Å²) in [5.41, 5.74) is 2.16. The van der Waals surface area contributed by atoms with Crippen molar-refractivity contribution in [3.8, 4) is 0 Å². The minimum Gasteiger partial charge on any atom is -0.310 e. The van der Waals surface area contributed by atoms with Gasteiger partial charge in [-0.3, -0.25) is 4.68 Å². The molecule has 0 aliphatic rings. The van der Waals surface area contributed by atoms with Crippen LogP contribution in [0.15, 0.2) is 34.9 Å². The van der Waals surface area contributed by atoms with Gasteiger partial charge in [0.05, 0.1) is 0 Å². The van der Waals surface area contributed by atoms with Crippen LogP contribution < -0.4 is 5.32 Å². The predicted octanol–water partition coefficient (Wildman–Crippen LogP) is 4.00. The molecule has 0 saturated heterocycles. The topological polar surface area (TPSA) is 29.9 Å². The first-order valence-electron chi connectivity index (χ1n) is 7.27. The molecular weight excluding hydrogens is 333 g/mol. The Bertz CT molecular complexity index is 583. The van der Waals surface area contributed by atoms with Crippen LogP contribution >= 0.6 is 15.9 Å². The van der Waals surface area contributed by atoms with Crippen LogP contribution in [0.3, 0.4) is 0 Å². The molecule has 1 heterocycles. The van der Waals surface area contributed by atoms with Crippen LogP contribution in [0.4, 0.5) is 4.39 Å². The van der Waals surface area contributed by atoms with E-state index < -0.39 is 0 Å². The normalized spacial score (nSPS) is 12.6. The van der Waals surface area contributed by atoms with Crippen molar-refractivity contribution >= 4 is 15.9 Å². The van der Waals surface area contributed by atoms with Crippen molar-refractivity contribution in [2.75, 3.05) is 6.54 Å². The number of hydrogen-bond acceptors (Lipinski definition) is 2. The lowest BCUT2D eigenvalue weighted by molar-refractivity contribution is 0.487. The lowest BCUT2D eigenvalue weighted by Gasteiger charge is -2.20. The molecular formula is C16H21BrFN3. The van der Waals surface area contributed by atoms with Crippen LogP contribution in [-0.4, -0.2) is 16.3 Å². The number of hydrogen-bond donors (Lipinski definition) is 1. The summed E-state index contributed by atoms with van der Waals surface area (Å²) in [6.07, 6.45) is 4.67. The zero-order valence-corrected chi connectivity index (χ0v) is 14.0. The third kappa shape index (κ3) is 4.38. The third-order valence-corrected chi connectivity index (χ3v) is 4.31. The van der Waals surface area contributed by atoms with E-state index in [4.69, 9.17) is 0 Å². The molecule has 0 spiro atoms. The Morgan fingerprint density at radius 3 is 2.86 bits per heavy atom. The van der Waals surface area contributed by atoms with E-state index in [-0.39, 0.29) is 11.9 Å². The smallest absolute Gasteiger partial charge is 0.123 e. The highest BCUT2D eigenvalue weighted by Gasteiger charge is 2.15. The number of rotatable bonds is 7. The maximum Gasteiger partial charge on any atom is 0.123 e. The molecule has 1 atom stereocenters. The Morgan fingerprint density at radius 1 is 1.38 bits per heavy atom. The molecule has 1 aromatic carbocycles. The quantitative estimate of drug-likeness (QED) is 0.815. The van der Waals surface area contributed by atoms with E-state index in [2.05, 4.69) is 33.3 Å². The summed E-state index contributed by atoms with van der Waals surface area (Å²) < 4.78 is 16.4. The summed E-state index contributed by atoms with van der Waals surface area (Å²) in [5.74, 6) is -0.197. The van der Waals surface area contributed by atoms with Crippen LogP contribution in [-0.2, 0) is 13.5 Å². The molecule has 0 amide bonds. The van der Waals surface area contributed by atoms with Gasteiger partial charge in [-0.2, -0.15) is 5.10 Å². The lowest BCUT2D eigenvalue weighted by atomic mass is 10.0. The van der Waals surface area contributed by atoms with Crippen LogP contribution in [0.1, 0.15) is 37.1 Å². The van der Waals surface area contributed by atoms with Crippen LogP contribution in [0, 0.1) is 5.82 Å². The first kappa shape index (κ1) is 16.2. The molecule has 2 aromatic rings. The Labute approximate surface area is 133 Å². The van der Waals surface area contributed by atoms with Crippen LogP contribution in [0.2, 0.25) is 0 Å². The molecule has 1 aromatic heterocycles. The summed E-state index contributed by atoms with van der Waals surface area (Å²) in [6.45, 7) is 3.05. The van der Waals surface area contributed by atoms with Gasteiger partial charge in [-0.25, -0.2) is 4.39 Å². The summed E-state index contributed by atoms with van der Waals surface area (Å²) in [4.78, 5) is 0. The number of aromatic nitrogens is 2. The highest BCUT2D eigenvalue weighted by Crippen LogP contribution is 2.27. The molecule has 1 N–H and O–H groups in total. The molecule has 2 rings (SSSR count). The van der Waals surface area contributed by atoms with E-state index in [1.165, 1.54) is 11.8 Å². The molecule has 0 aliphatic carbocycles. The Balaban J connectivity index is 2.13. The van der Waals surface area contributed by atoms with Crippen molar-refractivity contribution in [2.45, 2.75) is 32.2 Å². The average molecular weight is 354 g/mol. The fraction of sp³-hybridized carbons (Fsp3) is 0.438. The maximum absolute atomic E-state index is 13.5. The molecule has 1 unspecified atom stereocenters. The maximum atomic E-state index is 13.5. The van der Waals surface area contributed by atoms with Crippen molar-refractivity contribution < 1.29 is 4.39 Å². The summed E-state index contributed by atoms with van der Waals surface area (Å²) in [5, 5.41) is 7.70. The lowest BCUT2D eigenvalue weighted by Crippen LogP contribution is -2.23. The summed E-state index contributed by atoms with van der Waals surface area (Å²) in [7, 11) is 1.95. The van der Waals surface area contributed by atoms with Gasteiger partial charge < -0.3 is 5.32 Å². The second-order valence-electron chi connectivity index (χ2n) is 5.16. The number of aryl methyl sites for hydroxylation is 2. The fourth-order valence-corrected chi connectivity index (χ4v) is 2.93. The molecule has 5 heteroatoms. The number of halogens is 2. The van der Waals surface area contributed by atoms with Crippen molar-refractivity contribution in [1.29, 1.82) is 0 Å². The van der Waals surface area contributed by atoms with Crippen molar-refractivity contribution in [3.05, 3.63) is 52.0 Å². The third-order valence-electron chi connectivity index (χ3n) is 3.59. The second kappa shape index (κ2) is 7.71. The molecule has 0 bridgehead atoms. The van der Waals surface area contributed by atoms with Crippen molar-refractivity contribution in [2.24, 2.45) is 7.05 Å². The first-order chi connectivity index (χ1) is 10.1. The minimum absolute atomic E-state index is 0.130. The van der Waals surface area contributed by atoms with Gasteiger partial charge in [0, 0.05) is 29.5 Å². The number of nitrogens with zero attached hydrogens (tertiary/aromatic N) is 2. The molecule has 21 heavy (non-hydrogen) atoms. The van der Waals surface area contributed by atoms with E-state index >= 15 is 0 Å². The van der Waals surface area contributed by atoms with Gasteiger partial charge in [0.25, 0.3) is 0 Å². The van der Waals surface area contributed by atoms with Crippen molar-refractivity contribution in [3.63, 3.8) is 0 Å². The predicted molar refractivity (Wildman–Crippen MR) is 86.7 cm³/mol. The zero-order valence-electron chi connectivity index (χ0n) is 12.4. The molecule has 0 fully saturated rings. The molecule has 0 aliphatic heterocycles. The van der Waals surface area contributed by atoms with Gasteiger partial charge in [-0.1, -0.05) is 22.9 Å². The summed E-state index contributed by atoms with van der Waals surface area (Å²) >= 11 is 3.53. The van der Waals surface area contributed by atoms with Gasteiger partial charge in [0.2, 0.25) is 0 Å². The minimum atomic E-state index is -0.197. The van der Waals surface area contributed by atoms with Crippen LogP contribution in [0.25, 0.3) is 0 Å². The number of benzene rings is 1. The van der Waals surface area contributed by atoms with E-state index in [0.29, 0.717) is 0 Å². The summed E-state index contributed by atoms with van der Waals surface area (Å²) in [6, 6.07) is 7.02. The van der Waals surface area contributed by atoms with Crippen LogP contribution in [0.5, 0.6) is 0 Å². The van der Waals surface area contributed by atoms with Gasteiger partial charge in [0.1, 0.15) is 5.82 Å². The van der Waals surface area contributed by atoms with E-state index in [0.717, 1.165) is 35.8 Å². The SMILES string of the molecule is CCCNC(CCc1ccnn1C)c1cc(F)ccc1Br. The van der Waals surface area contributed by atoms with Gasteiger partial charge >= 0.3 is 0 Å². The fourth-order valence-electron chi connectivity index (χ4n) is 2.41. The number of nitrogens with one attached hydrogen (secondary N) is 1. The molecule has 0 saturated carbocycles. The van der Waals surface area contributed by atoms with E-state index in [9.17, 15) is 4.39 Å². The largest absolute Gasteiger partial charge is 0.310 e.